The normalized spacial score (nSPS) is 10.6. The maximum Gasteiger partial charge on any atom is 0.226 e. The third-order valence-corrected chi connectivity index (χ3v) is 7.39. The van der Waals surface area contributed by atoms with Gasteiger partial charge in [-0.2, -0.15) is 10.5 Å². The number of methoxy groups -OCH3 is 1. The number of ether oxygens (including phenoxy) is 1. The van der Waals surface area contributed by atoms with Crippen molar-refractivity contribution < 1.29 is 9.53 Å². The second kappa shape index (κ2) is 11.1. The van der Waals surface area contributed by atoms with Crippen LogP contribution in [0.5, 0.6) is 5.75 Å². The third-order valence-electron chi connectivity index (χ3n) is 5.48. The molecule has 0 radical (unpaired) electrons. The molecule has 10 heteroatoms. The molecule has 0 saturated carbocycles. The van der Waals surface area contributed by atoms with Gasteiger partial charge in [-0.15, -0.1) is 11.8 Å². The van der Waals surface area contributed by atoms with Crippen molar-refractivity contribution in [1.29, 1.82) is 10.5 Å². The highest BCUT2D eigenvalue weighted by Crippen LogP contribution is 2.36. The molecule has 4 rings (SSSR count). The zero-order chi connectivity index (χ0) is 25.7. The van der Waals surface area contributed by atoms with Gasteiger partial charge in [0.05, 0.1) is 22.9 Å². The lowest BCUT2D eigenvalue weighted by Crippen LogP contribution is -2.12. The van der Waals surface area contributed by atoms with E-state index < -0.39 is 0 Å². The molecule has 0 spiro atoms. The molecule has 0 aliphatic rings. The van der Waals surface area contributed by atoms with Gasteiger partial charge in [-0.05, 0) is 35.7 Å². The number of nitriles is 2. The van der Waals surface area contributed by atoms with E-state index in [2.05, 4.69) is 34.3 Å². The Balaban J connectivity index is 1.50. The molecule has 0 bridgehead atoms. The fourth-order valence-electron chi connectivity index (χ4n) is 3.61. The largest absolute Gasteiger partial charge is 0.497 e. The van der Waals surface area contributed by atoms with E-state index in [0.717, 1.165) is 33.5 Å². The maximum atomic E-state index is 12.5. The molecule has 0 saturated heterocycles. The summed E-state index contributed by atoms with van der Waals surface area (Å²) in [5, 5.41) is 23.3. The average Bonchev–Trinajstić information content (AvgIpc) is 3.29. The van der Waals surface area contributed by atoms with Crippen LogP contribution in [0.2, 0.25) is 0 Å². The monoisotopic (exact) mass is 514 g/mol. The lowest BCUT2D eigenvalue weighted by Gasteiger charge is -2.13. The molecule has 0 fully saturated rings. The molecular weight excluding hydrogens is 492 g/mol. The summed E-state index contributed by atoms with van der Waals surface area (Å²) in [4.78, 5) is 21.3. The summed E-state index contributed by atoms with van der Waals surface area (Å²) in [7, 11) is 1.60. The predicted octanol–water partition coefficient (Wildman–Crippen LogP) is 5.38. The number of nitrogen functional groups attached to an aromatic ring is 1. The van der Waals surface area contributed by atoms with Crippen LogP contribution in [0.15, 0.2) is 47.5 Å². The molecule has 0 atom stereocenters. The van der Waals surface area contributed by atoms with Gasteiger partial charge in [0, 0.05) is 17.7 Å². The first-order valence-electron chi connectivity index (χ1n) is 11.1. The summed E-state index contributed by atoms with van der Waals surface area (Å²) in [6.07, 6.45) is 1.06. The molecule has 0 unspecified atom stereocenters. The van der Waals surface area contributed by atoms with Crippen LogP contribution in [-0.4, -0.2) is 28.7 Å². The molecule has 8 nitrogen and oxygen atoms in total. The summed E-state index contributed by atoms with van der Waals surface area (Å²) < 4.78 is 6.14. The number of aryl methyl sites for hydroxylation is 1. The fourth-order valence-corrected chi connectivity index (χ4v) is 5.45. The average molecular weight is 515 g/mol. The van der Waals surface area contributed by atoms with E-state index in [1.54, 1.807) is 7.11 Å². The Morgan fingerprint density at radius 2 is 1.89 bits per heavy atom. The predicted molar refractivity (Wildman–Crippen MR) is 143 cm³/mol. The Morgan fingerprint density at radius 1 is 1.14 bits per heavy atom. The summed E-state index contributed by atoms with van der Waals surface area (Å²) in [6.45, 7) is 2.06. The Hall–Kier alpha value is -4.12. The van der Waals surface area contributed by atoms with Crippen molar-refractivity contribution in [3.63, 3.8) is 0 Å². The van der Waals surface area contributed by atoms with E-state index >= 15 is 0 Å². The van der Waals surface area contributed by atoms with E-state index in [1.165, 1.54) is 23.1 Å². The van der Waals surface area contributed by atoms with Gasteiger partial charge in [0.25, 0.3) is 0 Å². The van der Waals surface area contributed by atoms with Crippen molar-refractivity contribution in [3.8, 4) is 29.0 Å². The van der Waals surface area contributed by atoms with Gasteiger partial charge in [0.15, 0.2) is 5.13 Å². The molecule has 0 aliphatic heterocycles. The van der Waals surface area contributed by atoms with Gasteiger partial charge < -0.3 is 15.8 Å². The molecule has 3 N–H and O–H groups in total. The van der Waals surface area contributed by atoms with Crippen molar-refractivity contribution in [2.75, 3.05) is 23.9 Å². The topological polar surface area (TPSA) is 138 Å². The molecule has 4 aromatic rings. The molecule has 180 valence electrons. The summed E-state index contributed by atoms with van der Waals surface area (Å²) in [6, 6.07) is 17.5. The minimum Gasteiger partial charge on any atom is -0.497 e. The zero-order valence-electron chi connectivity index (χ0n) is 19.7. The number of rotatable bonds is 8. The number of pyridine rings is 1. The highest BCUT2D eigenvalue weighted by molar-refractivity contribution is 7.99. The number of hydrogen-bond donors (Lipinski definition) is 2. The van der Waals surface area contributed by atoms with E-state index in [0.29, 0.717) is 21.5 Å². The first-order chi connectivity index (χ1) is 17.5. The standard InChI is InChI=1S/C26H22N6O2S2/c1-3-15-4-6-16(7-5-15)23-18(13-27)24(29)32-25(19(23)14-28)35-11-10-22(33)31-26-30-20-9-8-17(34-2)12-21(20)36-26/h4-9,12H,3,10-11H2,1-2H3,(H2,29,32)(H,30,31,33). The number of anilines is 2. The molecule has 0 aliphatic carbocycles. The van der Waals surface area contributed by atoms with Crippen LogP contribution in [0.25, 0.3) is 21.3 Å². The smallest absolute Gasteiger partial charge is 0.226 e. The van der Waals surface area contributed by atoms with Gasteiger partial charge in [0.1, 0.15) is 34.3 Å². The van der Waals surface area contributed by atoms with Crippen molar-refractivity contribution in [1.82, 2.24) is 9.97 Å². The number of carbonyl (C=O) groups is 1. The number of nitrogens with zero attached hydrogens (tertiary/aromatic N) is 4. The zero-order valence-corrected chi connectivity index (χ0v) is 21.3. The summed E-state index contributed by atoms with van der Waals surface area (Å²) >= 11 is 2.62. The Bertz CT molecular complexity index is 1520. The molecule has 2 heterocycles. The number of amides is 1. The third kappa shape index (κ3) is 5.25. The summed E-state index contributed by atoms with van der Waals surface area (Å²) in [5.74, 6) is 0.946. The number of aromatic nitrogens is 2. The number of thiazole rings is 1. The number of nitrogens with two attached hydrogens (primary N) is 1. The van der Waals surface area contributed by atoms with Crippen molar-refractivity contribution in [2.24, 2.45) is 0 Å². The molecule has 36 heavy (non-hydrogen) atoms. The Morgan fingerprint density at radius 3 is 2.56 bits per heavy atom. The number of nitrogens with one attached hydrogen (secondary N) is 1. The highest BCUT2D eigenvalue weighted by Gasteiger charge is 2.21. The lowest BCUT2D eigenvalue weighted by atomic mass is 9.96. The van der Waals surface area contributed by atoms with Crippen LogP contribution >= 0.6 is 23.1 Å². The van der Waals surface area contributed by atoms with E-state index in [9.17, 15) is 15.3 Å². The van der Waals surface area contributed by atoms with Gasteiger partial charge >= 0.3 is 0 Å². The lowest BCUT2D eigenvalue weighted by molar-refractivity contribution is -0.115. The molecule has 2 aromatic heterocycles. The van der Waals surface area contributed by atoms with Crippen LogP contribution < -0.4 is 15.8 Å². The van der Waals surface area contributed by atoms with Crippen molar-refractivity contribution >= 4 is 50.2 Å². The van der Waals surface area contributed by atoms with E-state index in [4.69, 9.17) is 10.5 Å². The highest BCUT2D eigenvalue weighted by atomic mass is 32.2. The number of benzene rings is 2. The number of fused-ring (bicyclic) bond motifs is 1. The van der Waals surface area contributed by atoms with Crippen molar-refractivity contribution in [2.45, 2.75) is 24.8 Å². The molecule has 2 aromatic carbocycles. The first-order valence-corrected chi connectivity index (χ1v) is 12.9. The second-order valence-electron chi connectivity index (χ2n) is 7.70. The number of hydrogen-bond acceptors (Lipinski definition) is 9. The Kier molecular flexibility index (Phi) is 7.69. The van der Waals surface area contributed by atoms with E-state index in [1.807, 2.05) is 42.5 Å². The van der Waals surface area contributed by atoms with Crippen LogP contribution in [0.1, 0.15) is 30.0 Å². The van der Waals surface area contributed by atoms with Gasteiger partial charge in [-0.1, -0.05) is 42.5 Å². The maximum absolute atomic E-state index is 12.5. The Labute approximate surface area is 216 Å². The minimum absolute atomic E-state index is 0.0583. The van der Waals surface area contributed by atoms with Gasteiger partial charge in [-0.3, -0.25) is 4.79 Å². The summed E-state index contributed by atoms with van der Waals surface area (Å²) in [5.41, 5.74) is 9.65. The van der Waals surface area contributed by atoms with Crippen molar-refractivity contribution in [3.05, 3.63) is 59.2 Å². The fraction of sp³-hybridized carbons (Fsp3) is 0.192. The van der Waals surface area contributed by atoms with Crippen LogP contribution in [-0.2, 0) is 11.2 Å². The van der Waals surface area contributed by atoms with Crippen LogP contribution in [0.3, 0.4) is 0 Å². The first kappa shape index (κ1) is 25.0. The van der Waals surface area contributed by atoms with Gasteiger partial charge in [0.2, 0.25) is 5.91 Å². The van der Waals surface area contributed by atoms with Gasteiger partial charge in [-0.25, -0.2) is 9.97 Å². The van der Waals surface area contributed by atoms with Crippen LogP contribution in [0, 0.1) is 22.7 Å². The number of carbonyl (C=O) groups excluding carboxylic acids is 1. The van der Waals surface area contributed by atoms with Crippen LogP contribution in [0.4, 0.5) is 10.9 Å². The quantitative estimate of drug-likeness (QED) is 0.299. The molecule has 1 amide bonds. The minimum atomic E-state index is -0.205. The molecular formula is C26H22N6O2S2. The number of thioether (sulfide) groups is 1. The SMILES string of the molecule is CCc1ccc(-c2c(C#N)c(N)nc(SCCC(=O)Nc3nc4ccc(OC)cc4s3)c2C#N)cc1. The van der Waals surface area contributed by atoms with E-state index in [-0.39, 0.29) is 29.3 Å². The second-order valence-corrected chi connectivity index (χ2v) is 9.81.